The van der Waals surface area contributed by atoms with E-state index >= 15 is 0 Å². The Kier molecular flexibility index (Phi) is 3.91. The minimum absolute atomic E-state index is 0.419. The molecular weight excluding hydrogens is 196 g/mol. The Morgan fingerprint density at radius 2 is 1.56 bits per heavy atom. The van der Waals surface area contributed by atoms with Crippen molar-refractivity contribution >= 4 is 0 Å². The van der Waals surface area contributed by atoms with E-state index in [1.54, 1.807) is 0 Å². The first-order valence-electron chi connectivity index (χ1n) is 7.06. The van der Waals surface area contributed by atoms with E-state index in [0.717, 1.165) is 11.8 Å². The third kappa shape index (κ3) is 2.60. The van der Waals surface area contributed by atoms with Gasteiger partial charge in [0.25, 0.3) is 0 Å². The molecule has 0 bridgehead atoms. The fraction of sp³-hybridized carbons (Fsp3) is 1.00. The van der Waals surface area contributed by atoms with Gasteiger partial charge in [-0.1, -0.05) is 6.92 Å². The lowest BCUT2D eigenvalue weighted by atomic mass is 9.78. The zero-order valence-electron chi connectivity index (χ0n) is 11.3. The SMILES string of the molecule is CC1CCN(C(C)(C)C2CCNCC2)CC1. The number of rotatable bonds is 2. The maximum Gasteiger partial charge on any atom is 0.0182 e. The van der Waals surface area contributed by atoms with Gasteiger partial charge in [0.15, 0.2) is 0 Å². The van der Waals surface area contributed by atoms with Crippen molar-refractivity contribution in [2.24, 2.45) is 11.8 Å². The lowest BCUT2D eigenvalue weighted by molar-refractivity contribution is 0.0215. The fourth-order valence-electron chi connectivity index (χ4n) is 3.37. The summed E-state index contributed by atoms with van der Waals surface area (Å²) in [5.74, 6) is 1.84. The van der Waals surface area contributed by atoms with Crippen LogP contribution in [-0.4, -0.2) is 36.6 Å². The van der Waals surface area contributed by atoms with E-state index in [1.165, 1.54) is 51.9 Å². The number of likely N-dealkylation sites (tertiary alicyclic amines) is 1. The molecule has 0 radical (unpaired) electrons. The van der Waals surface area contributed by atoms with Gasteiger partial charge < -0.3 is 5.32 Å². The third-order valence-electron chi connectivity index (χ3n) is 4.94. The van der Waals surface area contributed by atoms with Gasteiger partial charge in [0.05, 0.1) is 0 Å². The van der Waals surface area contributed by atoms with Gasteiger partial charge in [0, 0.05) is 5.54 Å². The van der Waals surface area contributed by atoms with Crippen molar-refractivity contribution in [2.45, 2.75) is 52.0 Å². The van der Waals surface area contributed by atoms with E-state index in [1.807, 2.05) is 0 Å². The molecule has 0 aromatic rings. The minimum atomic E-state index is 0.419. The maximum absolute atomic E-state index is 3.48. The number of hydrogen-bond acceptors (Lipinski definition) is 2. The number of hydrogen-bond donors (Lipinski definition) is 1. The highest BCUT2D eigenvalue weighted by Crippen LogP contribution is 2.33. The van der Waals surface area contributed by atoms with Gasteiger partial charge in [0.2, 0.25) is 0 Å². The molecule has 0 spiro atoms. The number of nitrogens with zero attached hydrogens (tertiary/aromatic N) is 1. The molecular formula is C14H28N2. The molecule has 2 fully saturated rings. The van der Waals surface area contributed by atoms with Gasteiger partial charge in [0.1, 0.15) is 0 Å². The van der Waals surface area contributed by atoms with E-state index in [0.29, 0.717) is 5.54 Å². The summed E-state index contributed by atoms with van der Waals surface area (Å²) in [7, 11) is 0. The van der Waals surface area contributed by atoms with Crippen LogP contribution in [0.25, 0.3) is 0 Å². The Morgan fingerprint density at radius 3 is 2.12 bits per heavy atom. The summed E-state index contributed by atoms with van der Waals surface area (Å²) in [4.78, 5) is 2.75. The number of nitrogens with one attached hydrogen (secondary N) is 1. The van der Waals surface area contributed by atoms with Gasteiger partial charge in [-0.05, 0) is 77.5 Å². The predicted octanol–water partition coefficient (Wildman–Crippen LogP) is 2.50. The molecule has 1 N–H and O–H groups in total. The van der Waals surface area contributed by atoms with Crippen LogP contribution >= 0.6 is 0 Å². The quantitative estimate of drug-likeness (QED) is 0.775. The molecule has 2 heterocycles. The molecule has 2 aliphatic rings. The summed E-state index contributed by atoms with van der Waals surface area (Å²) in [6, 6.07) is 0. The van der Waals surface area contributed by atoms with Gasteiger partial charge in [-0.3, -0.25) is 4.90 Å². The smallest absolute Gasteiger partial charge is 0.0182 e. The van der Waals surface area contributed by atoms with E-state index in [9.17, 15) is 0 Å². The van der Waals surface area contributed by atoms with E-state index in [4.69, 9.17) is 0 Å². The summed E-state index contributed by atoms with van der Waals surface area (Å²) in [5, 5.41) is 3.48. The van der Waals surface area contributed by atoms with Crippen LogP contribution in [0, 0.1) is 11.8 Å². The first-order chi connectivity index (χ1) is 7.60. The van der Waals surface area contributed by atoms with E-state index in [-0.39, 0.29) is 0 Å². The van der Waals surface area contributed by atoms with E-state index < -0.39 is 0 Å². The van der Waals surface area contributed by atoms with Crippen LogP contribution in [0.4, 0.5) is 0 Å². The second-order valence-electron chi connectivity index (χ2n) is 6.35. The second kappa shape index (κ2) is 5.05. The molecule has 2 aliphatic heterocycles. The summed E-state index contributed by atoms with van der Waals surface area (Å²) >= 11 is 0. The molecule has 2 saturated heterocycles. The largest absolute Gasteiger partial charge is 0.317 e. The highest BCUT2D eigenvalue weighted by molar-refractivity contribution is 4.92. The average Bonchev–Trinajstić information content (AvgIpc) is 2.31. The highest BCUT2D eigenvalue weighted by Gasteiger charge is 2.36. The Hall–Kier alpha value is -0.0800. The van der Waals surface area contributed by atoms with Gasteiger partial charge >= 0.3 is 0 Å². The van der Waals surface area contributed by atoms with Gasteiger partial charge in [-0.15, -0.1) is 0 Å². The molecule has 0 unspecified atom stereocenters. The first-order valence-corrected chi connectivity index (χ1v) is 7.06. The van der Waals surface area contributed by atoms with Crippen LogP contribution in [-0.2, 0) is 0 Å². The van der Waals surface area contributed by atoms with Crippen LogP contribution in [0.1, 0.15) is 46.5 Å². The monoisotopic (exact) mass is 224 g/mol. The van der Waals surface area contributed by atoms with Crippen molar-refractivity contribution in [3.05, 3.63) is 0 Å². The molecule has 2 nitrogen and oxygen atoms in total. The molecule has 0 amide bonds. The lowest BCUT2D eigenvalue weighted by Crippen LogP contribution is -2.54. The standard InChI is InChI=1S/C14H28N2/c1-12-6-10-16(11-7-12)14(2,3)13-4-8-15-9-5-13/h12-13,15H,4-11H2,1-3H3. The fourth-order valence-corrected chi connectivity index (χ4v) is 3.37. The highest BCUT2D eigenvalue weighted by atomic mass is 15.2. The van der Waals surface area contributed by atoms with Crippen molar-refractivity contribution in [1.82, 2.24) is 10.2 Å². The maximum atomic E-state index is 3.48. The topological polar surface area (TPSA) is 15.3 Å². The lowest BCUT2D eigenvalue weighted by Gasteiger charge is -2.48. The Morgan fingerprint density at radius 1 is 1.00 bits per heavy atom. The Balaban J connectivity index is 1.94. The van der Waals surface area contributed by atoms with Crippen LogP contribution in [0.5, 0.6) is 0 Å². The van der Waals surface area contributed by atoms with Gasteiger partial charge in [-0.2, -0.15) is 0 Å². The third-order valence-corrected chi connectivity index (χ3v) is 4.94. The minimum Gasteiger partial charge on any atom is -0.317 e. The van der Waals surface area contributed by atoms with Crippen molar-refractivity contribution in [3.8, 4) is 0 Å². The predicted molar refractivity (Wildman–Crippen MR) is 69.6 cm³/mol. The average molecular weight is 224 g/mol. The Bertz CT molecular complexity index is 211. The van der Waals surface area contributed by atoms with Crippen LogP contribution in [0.3, 0.4) is 0 Å². The first kappa shape index (κ1) is 12.4. The molecule has 0 atom stereocenters. The molecule has 2 heteroatoms. The summed E-state index contributed by atoms with van der Waals surface area (Å²) in [6.45, 7) is 12.4. The van der Waals surface area contributed by atoms with Crippen molar-refractivity contribution in [2.75, 3.05) is 26.2 Å². The summed E-state index contributed by atoms with van der Waals surface area (Å²) < 4.78 is 0. The molecule has 0 aromatic carbocycles. The zero-order valence-corrected chi connectivity index (χ0v) is 11.3. The van der Waals surface area contributed by atoms with Crippen LogP contribution < -0.4 is 5.32 Å². The normalized spacial score (nSPS) is 27.2. The molecule has 0 aromatic heterocycles. The van der Waals surface area contributed by atoms with E-state index in [2.05, 4.69) is 31.0 Å². The Labute approximate surface area is 101 Å². The molecule has 2 rings (SSSR count). The van der Waals surface area contributed by atoms with Crippen molar-refractivity contribution in [3.63, 3.8) is 0 Å². The summed E-state index contributed by atoms with van der Waals surface area (Å²) in [5.41, 5.74) is 0.419. The second-order valence-corrected chi connectivity index (χ2v) is 6.35. The molecule has 0 aliphatic carbocycles. The van der Waals surface area contributed by atoms with Crippen LogP contribution in [0.2, 0.25) is 0 Å². The van der Waals surface area contributed by atoms with Crippen molar-refractivity contribution in [1.29, 1.82) is 0 Å². The van der Waals surface area contributed by atoms with Crippen molar-refractivity contribution < 1.29 is 0 Å². The number of piperidine rings is 2. The molecule has 0 saturated carbocycles. The molecule has 16 heavy (non-hydrogen) atoms. The summed E-state index contributed by atoms with van der Waals surface area (Å²) in [6.07, 6.45) is 5.51. The van der Waals surface area contributed by atoms with Crippen LogP contribution in [0.15, 0.2) is 0 Å². The molecule has 94 valence electrons. The van der Waals surface area contributed by atoms with Gasteiger partial charge in [-0.25, -0.2) is 0 Å². The zero-order chi connectivity index (χ0) is 11.6.